The predicted molar refractivity (Wildman–Crippen MR) is 84.2 cm³/mol. The average Bonchev–Trinajstić information content (AvgIpc) is 2.45. The van der Waals surface area contributed by atoms with Crippen LogP contribution in [-0.2, 0) is 14.4 Å². The minimum atomic E-state index is -1.09. The maximum atomic E-state index is 12.0. The molecule has 0 aromatic heterocycles. The number of rotatable bonds is 5. The van der Waals surface area contributed by atoms with E-state index in [0.29, 0.717) is 10.7 Å². The van der Waals surface area contributed by atoms with Crippen molar-refractivity contribution in [1.29, 1.82) is 0 Å². The maximum absolute atomic E-state index is 12.0. The van der Waals surface area contributed by atoms with Crippen LogP contribution in [0.5, 0.6) is 0 Å². The van der Waals surface area contributed by atoms with E-state index >= 15 is 0 Å². The molecule has 8 heteroatoms. The van der Waals surface area contributed by atoms with Gasteiger partial charge >= 0.3 is 5.97 Å². The third-order valence-electron chi connectivity index (χ3n) is 3.17. The summed E-state index contributed by atoms with van der Waals surface area (Å²) in [5.41, 5.74) is 0.621. The second kappa shape index (κ2) is 7.02. The molecule has 1 aliphatic heterocycles. The van der Waals surface area contributed by atoms with Crippen LogP contribution in [0.25, 0.3) is 0 Å². The van der Waals surface area contributed by atoms with Crippen LogP contribution in [-0.4, -0.2) is 34.2 Å². The Morgan fingerprint density at radius 3 is 2.86 bits per heavy atom. The van der Waals surface area contributed by atoms with Crippen molar-refractivity contribution in [2.24, 2.45) is 0 Å². The molecule has 0 bridgehead atoms. The van der Waals surface area contributed by atoms with Crippen LogP contribution in [0.1, 0.15) is 19.8 Å². The fourth-order valence-electron chi connectivity index (χ4n) is 2.02. The number of anilines is 1. The molecule has 22 heavy (non-hydrogen) atoms. The lowest BCUT2D eigenvalue weighted by atomic mass is 10.2. The molecule has 0 aliphatic carbocycles. The zero-order valence-electron chi connectivity index (χ0n) is 11.8. The highest BCUT2D eigenvalue weighted by atomic mass is 35.5. The average molecular weight is 343 g/mol. The van der Waals surface area contributed by atoms with Gasteiger partial charge in [-0.2, -0.15) is 0 Å². The Morgan fingerprint density at radius 1 is 1.50 bits per heavy atom. The number of carboxylic acids is 1. The van der Waals surface area contributed by atoms with Gasteiger partial charge in [-0.15, -0.1) is 11.8 Å². The number of carboxylic acid groups (broad SMARTS) is 1. The van der Waals surface area contributed by atoms with Crippen LogP contribution < -0.4 is 10.6 Å². The summed E-state index contributed by atoms with van der Waals surface area (Å²) >= 11 is 7.13. The molecule has 1 aromatic rings. The Balaban J connectivity index is 2.02. The van der Waals surface area contributed by atoms with Crippen LogP contribution in [0, 0.1) is 0 Å². The number of carbonyl (C=O) groups is 3. The van der Waals surface area contributed by atoms with Gasteiger partial charge in [0.05, 0.1) is 10.9 Å². The number of carbonyl (C=O) groups excluding carboxylic acids is 2. The lowest BCUT2D eigenvalue weighted by Crippen LogP contribution is -2.42. The van der Waals surface area contributed by atoms with Gasteiger partial charge in [0, 0.05) is 16.3 Å². The Hall–Kier alpha value is -1.73. The van der Waals surface area contributed by atoms with Crippen molar-refractivity contribution >= 4 is 46.8 Å². The molecule has 1 heterocycles. The van der Waals surface area contributed by atoms with Crippen LogP contribution in [0.2, 0.25) is 5.02 Å². The molecule has 0 fully saturated rings. The minimum absolute atomic E-state index is 0.0810. The van der Waals surface area contributed by atoms with E-state index in [9.17, 15) is 14.4 Å². The molecule has 118 valence electrons. The second-order valence-electron chi connectivity index (χ2n) is 4.81. The summed E-state index contributed by atoms with van der Waals surface area (Å²) in [5, 5.41) is 14.0. The lowest BCUT2D eigenvalue weighted by Gasteiger charge is -2.24. The topological polar surface area (TPSA) is 95.5 Å². The molecule has 2 rings (SSSR count). The van der Waals surface area contributed by atoms with Crippen molar-refractivity contribution in [3.05, 3.63) is 23.2 Å². The Kier molecular flexibility index (Phi) is 5.31. The highest BCUT2D eigenvalue weighted by Crippen LogP contribution is 2.38. The normalized spacial score (nSPS) is 18.1. The first-order valence-corrected chi connectivity index (χ1v) is 7.95. The smallest absolute Gasteiger partial charge is 0.326 e. The van der Waals surface area contributed by atoms with E-state index in [-0.39, 0.29) is 18.7 Å². The van der Waals surface area contributed by atoms with Gasteiger partial charge in [0.15, 0.2) is 0 Å². The quantitative estimate of drug-likeness (QED) is 0.761. The van der Waals surface area contributed by atoms with Gasteiger partial charge in [0.1, 0.15) is 6.04 Å². The van der Waals surface area contributed by atoms with E-state index in [1.807, 2.05) is 0 Å². The molecule has 0 spiro atoms. The van der Waals surface area contributed by atoms with E-state index in [1.165, 1.54) is 11.8 Å². The van der Waals surface area contributed by atoms with Crippen molar-refractivity contribution in [2.45, 2.75) is 36.0 Å². The predicted octanol–water partition coefficient (Wildman–Crippen LogP) is 2.12. The number of hydrogen-bond donors (Lipinski definition) is 3. The molecule has 2 amide bonds. The molecule has 2 unspecified atom stereocenters. The van der Waals surface area contributed by atoms with Gasteiger partial charge in [-0.1, -0.05) is 18.5 Å². The van der Waals surface area contributed by atoms with E-state index in [4.69, 9.17) is 16.7 Å². The maximum Gasteiger partial charge on any atom is 0.326 e. The van der Waals surface area contributed by atoms with E-state index < -0.39 is 23.2 Å². The molecular weight excluding hydrogens is 328 g/mol. The van der Waals surface area contributed by atoms with Crippen molar-refractivity contribution in [3.63, 3.8) is 0 Å². The largest absolute Gasteiger partial charge is 0.480 e. The Bertz CT molecular complexity index is 623. The number of fused-ring (bicyclic) bond motifs is 1. The van der Waals surface area contributed by atoms with Crippen molar-refractivity contribution < 1.29 is 19.5 Å². The van der Waals surface area contributed by atoms with Crippen LogP contribution >= 0.6 is 23.4 Å². The van der Waals surface area contributed by atoms with Crippen molar-refractivity contribution in [1.82, 2.24) is 5.32 Å². The molecule has 6 nitrogen and oxygen atoms in total. The molecule has 0 radical (unpaired) electrons. The lowest BCUT2D eigenvalue weighted by molar-refractivity contribution is -0.141. The first-order chi connectivity index (χ1) is 10.4. The zero-order valence-corrected chi connectivity index (χ0v) is 13.3. The monoisotopic (exact) mass is 342 g/mol. The summed E-state index contributed by atoms with van der Waals surface area (Å²) in [6.45, 7) is 1.67. The van der Waals surface area contributed by atoms with Crippen LogP contribution in [0.3, 0.4) is 0 Å². The Labute approximate surface area is 136 Å². The van der Waals surface area contributed by atoms with Gasteiger partial charge in [-0.05, 0) is 24.6 Å². The zero-order chi connectivity index (χ0) is 16.3. The number of amides is 2. The van der Waals surface area contributed by atoms with Crippen LogP contribution in [0.4, 0.5) is 5.69 Å². The minimum Gasteiger partial charge on any atom is -0.480 e. The van der Waals surface area contributed by atoms with Gasteiger partial charge in [-0.3, -0.25) is 9.59 Å². The number of halogens is 1. The standard InChI is InChI=1S/C14H15ClN2O4S/c1-2-8(14(20)21)16-12(18)6-11-13(19)17-9-5-7(15)3-4-10(9)22-11/h3-5,8,11H,2,6H2,1H3,(H,16,18)(H,17,19)(H,20,21). The van der Waals surface area contributed by atoms with Crippen molar-refractivity contribution in [2.75, 3.05) is 5.32 Å². The van der Waals surface area contributed by atoms with Gasteiger partial charge < -0.3 is 15.7 Å². The molecule has 3 N–H and O–H groups in total. The van der Waals surface area contributed by atoms with E-state index in [0.717, 1.165) is 4.90 Å². The number of aliphatic carboxylic acids is 1. The number of nitrogens with one attached hydrogen (secondary N) is 2. The van der Waals surface area contributed by atoms with Gasteiger partial charge in [-0.25, -0.2) is 4.79 Å². The highest BCUT2D eigenvalue weighted by Gasteiger charge is 2.30. The highest BCUT2D eigenvalue weighted by molar-refractivity contribution is 8.01. The molecule has 0 saturated heterocycles. The van der Waals surface area contributed by atoms with Crippen LogP contribution in [0.15, 0.2) is 23.1 Å². The summed E-state index contributed by atoms with van der Waals surface area (Å²) in [7, 11) is 0. The summed E-state index contributed by atoms with van der Waals surface area (Å²) in [6, 6.07) is 4.20. The second-order valence-corrected chi connectivity index (χ2v) is 6.49. The van der Waals surface area contributed by atoms with Gasteiger partial charge in [0.2, 0.25) is 11.8 Å². The third-order valence-corrected chi connectivity index (χ3v) is 4.68. The Morgan fingerprint density at radius 2 is 2.23 bits per heavy atom. The summed E-state index contributed by atoms with van der Waals surface area (Å²) in [4.78, 5) is 35.7. The first-order valence-electron chi connectivity index (χ1n) is 6.70. The van der Waals surface area contributed by atoms with E-state index in [2.05, 4.69) is 10.6 Å². The molecular formula is C14H15ClN2O4S. The van der Waals surface area contributed by atoms with E-state index in [1.54, 1.807) is 25.1 Å². The number of thioether (sulfide) groups is 1. The molecule has 1 aromatic carbocycles. The number of benzene rings is 1. The molecule has 0 saturated carbocycles. The number of hydrogen-bond acceptors (Lipinski definition) is 4. The summed E-state index contributed by atoms with van der Waals surface area (Å²) in [5.74, 6) is -1.84. The SMILES string of the molecule is CCC(NC(=O)CC1Sc2ccc(Cl)cc2NC1=O)C(=O)O. The van der Waals surface area contributed by atoms with Gasteiger partial charge in [0.25, 0.3) is 0 Å². The summed E-state index contributed by atoms with van der Waals surface area (Å²) < 4.78 is 0. The molecule has 1 aliphatic rings. The first kappa shape index (κ1) is 16.6. The fraction of sp³-hybridized carbons (Fsp3) is 0.357. The van der Waals surface area contributed by atoms with Crippen molar-refractivity contribution in [3.8, 4) is 0 Å². The molecule has 2 atom stereocenters. The summed E-state index contributed by atoms with van der Waals surface area (Å²) in [6.07, 6.45) is 0.203. The third kappa shape index (κ3) is 3.92. The fourth-order valence-corrected chi connectivity index (χ4v) is 3.28.